The van der Waals surface area contributed by atoms with Crippen LogP contribution in [-0.4, -0.2) is 18.7 Å². The molecule has 1 heterocycles. The molecule has 1 aromatic rings. The lowest BCUT2D eigenvalue weighted by Gasteiger charge is -2.40. The molecule has 1 aliphatic carbocycles. The van der Waals surface area contributed by atoms with Crippen molar-refractivity contribution in [2.75, 3.05) is 13.1 Å². The van der Waals surface area contributed by atoms with Gasteiger partial charge in [-0.05, 0) is 37.8 Å². The summed E-state index contributed by atoms with van der Waals surface area (Å²) in [5, 5.41) is 3.59. The Morgan fingerprint density at radius 1 is 1.22 bits per heavy atom. The molecular formula is C16H23NO. The van der Waals surface area contributed by atoms with Crippen LogP contribution in [-0.2, 0) is 4.74 Å². The molecule has 1 unspecified atom stereocenters. The molecule has 1 aliphatic heterocycles. The van der Waals surface area contributed by atoms with E-state index in [1.54, 1.807) is 0 Å². The lowest BCUT2D eigenvalue weighted by molar-refractivity contribution is -0.114. The monoisotopic (exact) mass is 245 g/mol. The predicted octanol–water partition coefficient (Wildman–Crippen LogP) is 3.28. The van der Waals surface area contributed by atoms with Crippen molar-refractivity contribution in [2.24, 2.45) is 0 Å². The number of benzene rings is 1. The van der Waals surface area contributed by atoms with Crippen LogP contribution < -0.4 is 5.32 Å². The first-order chi connectivity index (χ1) is 8.69. The highest BCUT2D eigenvalue weighted by atomic mass is 16.5. The van der Waals surface area contributed by atoms with E-state index < -0.39 is 0 Å². The lowest BCUT2D eigenvalue weighted by atomic mass is 9.95. The highest BCUT2D eigenvalue weighted by Gasteiger charge is 2.40. The zero-order chi connectivity index (χ0) is 12.6. The third-order valence-electron chi connectivity index (χ3n) is 4.47. The number of nitrogens with one attached hydrogen (secondary N) is 1. The van der Waals surface area contributed by atoms with Crippen LogP contribution in [0, 0.1) is 13.8 Å². The Kier molecular flexibility index (Phi) is 3.16. The standard InChI is InChI=1S/C16H23NO/c1-12-5-6-13(2)14(9-12)15-10-17-11-16(18-15)7-3-4-8-16/h5-6,9,15,17H,3-4,7-8,10-11H2,1-2H3. The molecular weight excluding hydrogens is 222 g/mol. The summed E-state index contributed by atoms with van der Waals surface area (Å²) in [7, 11) is 0. The van der Waals surface area contributed by atoms with Gasteiger partial charge in [0.05, 0.1) is 11.7 Å². The second kappa shape index (κ2) is 4.67. The summed E-state index contributed by atoms with van der Waals surface area (Å²) in [6.07, 6.45) is 5.32. The molecule has 0 radical (unpaired) electrons. The van der Waals surface area contributed by atoms with Gasteiger partial charge in [-0.1, -0.05) is 36.6 Å². The van der Waals surface area contributed by atoms with Crippen molar-refractivity contribution in [3.8, 4) is 0 Å². The van der Waals surface area contributed by atoms with Crippen LogP contribution in [0.3, 0.4) is 0 Å². The minimum Gasteiger partial charge on any atom is -0.364 e. The fourth-order valence-corrected chi connectivity index (χ4v) is 3.41. The van der Waals surface area contributed by atoms with Gasteiger partial charge in [-0.15, -0.1) is 0 Å². The van der Waals surface area contributed by atoms with E-state index in [0.717, 1.165) is 13.1 Å². The third kappa shape index (κ3) is 2.19. The third-order valence-corrected chi connectivity index (χ3v) is 4.47. The smallest absolute Gasteiger partial charge is 0.0960 e. The SMILES string of the molecule is Cc1ccc(C)c(C2CNCC3(CCCC3)O2)c1. The van der Waals surface area contributed by atoms with Crippen LogP contribution in [0.1, 0.15) is 48.5 Å². The van der Waals surface area contributed by atoms with Gasteiger partial charge in [0, 0.05) is 13.1 Å². The Morgan fingerprint density at radius 2 is 2.00 bits per heavy atom. The number of hydrogen-bond acceptors (Lipinski definition) is 2. The van der Waals surface area contributed by atoms with Gasteiger partial charge in [0.2, 0.25) is 0 Å². The Bertz CT molecular complexity index is 435. The first-order valence-corrected chi connectivity index (χ1v) is 7.14. The zero-order valence-electron chi connectivity index (χ0n) is 11.5. The summed E-state index contributed by atoms with van der Waals surface area (Å²) in [5.41, 5.74) is 4.17. The molecule has 3 rings (SSSR count). The molecule has 0 bridgehead atoms. The number of morpholine rings is 1. The molecule has 1 saturated carbocycles. The van der Waals surface area contributed by atoms with Gasteiger partial charge in [0.25, 0.3) is 0 Å². The fourth-order valence-electron chi connectivity index (χ4n) is 3.41. The maximum absolute atomic E-state index is 6.49. The molecule has 2 fully saturated rings. The molecule has 0 amide bonds. The van der Waals surface area contributed by atoms with Crippen LogP contribution in [0.5, 0.6) is 0 Å². The Hall–Kier alpha value is -0.860. The first kappa shape index (κ1) is 12.2. The maximum atomic E-state index is 6.49. The largest absolute Gasteiger partial charge is 0.364 e. The van der Waals surface area contributed by atoms with E-state index in [1.807, 2.05) is 0 Å². The molecule has 2 heteroatoms. The topological polar surface area (TPSA) is 21.3 Å². The summed E-state index contributed by atoms with van der Waals surface area (Å²) in [5.74, 6) is 0. The van der Waals surface area contributed by atoms with E-state index in [1.165, 1.54) is 42.4 Å². The van der Waals surface area contributed by atoms with Crippen LogP contribution in [0.15, 0.2) is 18.2 Å². The highest BCUT2D eigenvalue weighted by molar-refractivity contribution is 5.33. The average Bonchev–Trinajstić information content (AvgIpc) is 2.80. The molecule has 1 N–H and O–H groups in total. The van der Waals surface area contributed by atoms with Gasteiger partial charge in [0.1, 0.15) is 0 Å². The van der Waals surface area contributed by atoms with Gasteiger partial charge in [-0.25, -0.2) is 0 Å². The molecule has 2 nitrogen and oxygen atoms in total. The van der Waals surface area contributed by atoms with E-state index in [4.69, 9.17) is 4.74 Å². The quantitative estimate of drug-likeness (QED) is 0.820. The Labute approximate surface area is 110 Å². The predicted molar refractivity (Wildman–Crippen MR) is 73.8 cm³/mol. The van der Waals surface area contributed by atoms with Crippen molar-refractivity contribution in [2.45, 2.75) is 51.2 Å². The highest BCUT2D eigenvalue weighted by Crippen LogP contribution is 2.39. The summed E-state index contributed by atoms with van der Waals surface area (Å²) in [6.45, 7) is 6.33. The van der Waals surface area contributed by atoms with Crippen molar-refractivity contribution >= 4 is 0 Å². The summed E-state index contributed by atoms with van der Waals surface area (Å²) in [4.78, 5) is 0. The molecule has 98 valence electrons. The first-order valence-electron chi connectivity index (χ1n) is 7.14. The molecule has 18 heavy (non-hydrogen) atoms. The normalized spacial score (nSPS) is 26.7. The molecule has 1 spiro atoms. The van der Waals surface area contributed by atoms with Crippen molar-refractivity contribution in [1.29, 1.82) is 0 Å². The minimum absolute atomic E-state index is 0.124. The van der Waals surface area contributed by atoms with E-state index in [9.17, 15) is 0 Å². The van der Waals surface area contributed by atoms with Crippen molar-refractivity contribution in [3.05, 3.63) is 34.9 Å². The van der Waals surface area contributed by atoms with E-state index in [-0.39, 0.29) is 11.7 Å². The van der Waals surface area contributed by atoms with Crippen molar-refractivity contribution in [1.82, 2.24) is 5.32 Å². The number of rotatable bonds is 1. The van der Waals surface area contributed by atoms with Crippen LogP contribution in [0.4, 0.5) is 0 Å². The molecule has 1 atom stereocenters. The Balaban J connectivity index is 1.85. The zero-order valence-corrected chi connectivity index (χ0v) is 11.5. The minimum atomic E-state index is 0.124. The van der Waals surface area contributed by atoms with E-state index >= 15 is 0 Å². The second-order valence-corrected chi connectivity index (χ2v) is 5.99. The second-order valence-electron chi connectivity index (χ2n) is 5.99. The van der Waals surface area contributed by atoms with Crippen LogP contribution in [0.25, 0.3) is 0 Å². The Morgan fingerprint density at radius 3 is 2.78 bits per heavy atom. The van der Waals surface area contributed by atoms with Crippen LogP contribution >= 0.6 is 0 Å². The van der Waals surface area contributed by atoms with Crippen molar-refractivity contribution < 1.29 is 4.74 Å². The van der Waals surface area contributed by atoms with Crippen LogP contribution in [0.2, 0.25) is 0 Å². The molecule has 1 saturated heterocycles. The van der Waals surface area contributed by atoms with Gasteiger partial charge in [-0.2, -0.15) is 0 Å². The number of aryl methyl sites for hydroxylation is 2. The average molecular weight is 245 g/mol. The van der Waals surface area contributed by atoms with Crippen molar-refractivity contribution in [3.63, 3.8) is 0 Å². The molecule has 1 aromatic carbocycles. The summed E-state index contributed by atoms with van der Waals surface area (Å²) >= 11 is 0. The van der Waals surface area contributed by atoms with E-state index in [2.05, 4.69) is 37.4 Å². The summed E-state index contributed by atoms with van der Waals surface area (Å²) < 4.78 is 6.49. The fraction of sp³-hybridized carbons (Fsp3) is 0.625. The molecule has 0 aromatic heterocycles. The van der Waals surface area contributed by atoms with E-state index in [0.29, 0.717) is 0 Å². The van der Waals surface area contributed by atoms with Gasteiger partial charge in [0.15, 0.2) is 0 Å². The number of ether oxygens (including phenoxy) is 1. The van der Waals surface area contributed by atoms with Gasteiger partial charge >= 0.3 is 0 Å². The van der Waals surface area contributed by atoms with Gasteiger partial charge < -0.3 is 10.1 Å². The summed E-state index contributed by atoms with van der Waals surface area (Å²) in [6, 6.07) is 6.68. The maximum Gasteiger partial charge on any atom is 0.0960 e. The molecule has 2 aliphatic rings. The number of hydrogen-bond donors (Lipinski definition) is 1. The lowest BCUT2D eigenvalue weighted by Crippen LogP contribution is -2.49. The van der Waals surface area contributed by atoms with Gasteiger partial charge in [-0.3, -0.25) is 0 Å².